The number of benzene rings is 1. The lowest BCUT2D eigenvalue weighted by atomic mass is 9.84. The van der Waals surface area contributed by atoms with Gasteiger partial charge in [0.25, 0.3) is 5.91 Å². The maximum Gasteiger partial charge on any atom is 0.272 e. The van der Waals surface area contributed by atoms with Crippen LogP contribution in [0.3, 0.4) is 0 Å². The Morgan fingerprint density at radius 2 is 1.96 bits per heavy atom. The molecular weight excluding hydrogens is 312 g/mol. The number of carbonyl (C=O) groups excluding carboxylic acids is 1. The van der Waals surface area contributed by atoms with Gasteiger partial charge in [-0.15, -0.1) is 0 Å². The van der Waals surface area contributed by atoms with Gasteiger partial charge in [-0.25, -0.2) is 0 Å². The van der Waals surface area contributed by atoms with Gasteiger partial charge in [-0.1, -0.05) is 25.0 Å². The molecule has 1 saturated carbocycles. The van der Waals surface area contributed by atoms with Crippen LogP contribution in [0.15, 0.2) is 18.2 Å². The van der Waals surface area contributed by atoms with Gasteiger partial charge >= 0.3 is 0 Å². The number of amides is 1. The van der Waals surface area contributed by atoms with E-state index in [4.69, 9.17) is 0 Å². The van der Waals surface area contributed by atoms with Crippen molar-refractivity contribution in [2.75, 3.05) is 19.6 Å². The van der Waals surface area contributed by atoms with Crippen molar-refractivity contribution < 1.29 is 4.79 Å². The van der Waals surface area contributed by atoms with Crippen LogP contribution in [-0.4, -0.2) is 46.7 Å². The molecule has 4 heterocycles. The molecule has 2 N–H and O–H groups in total. The number of piperidine rings is 3. The van der Waals surface area contributed by atoms with Crippen molar-refractivity contribution >= 4 is 16.8 Å². The van der Waals surface area contributed by atoms with E-state index < -0.39 is 0 Å². The van der Waals surface area contributed by atoms with E-state index >= 15 is 0 Å². The largest absolute Gasteiger partial charge is 0.346 e. The minimum absolute atomic E-state index is 0.0291. The molecule has 6 rings (SSSR count). The number of hydrogen-bond acceptors (Lipinski definition) is 3. The van der Waals surface area contributed by atoms with Crippen molar-refractivity contribution in [1.29, 1.82) is 0 Å². The number of rotatable bonds is 3. The molecule has 0 spiro atoms. The fraction of sp³-hybridized carbons (Fsp3) is 0.600. The second kappa shape index (κ2) is 6.13. The second-order valence-electron chi connectivity index (χ2n) is 8.08. The van der Waals surface area contributed by atoms with E-state index in [1.54, 1.807) is 0 Å². The van der Waals surface area contributed by atoms with Crippen LogP contribution in [0, 0.1) is 5.92 Å². The Bertz CT molecular complexity index is 784. The first-order valence-electron chi connectivity index (χ1n) is 9.79. The first-order valence-corrected chi connectivity index (χ1v) is 9.79. The van der Waals surface area contributed by atoms with Gasteiger partial charge in [0.2, 0.25) is 0 Å². The van der Waals surface area contributed by atoms with Crippen molar-refractivity contribution in [2.24, 2.45) is 5.92 Å². The van der Waals surface area contributed by atoms with Gasteiger partial charge in [-0.3, -0.25) is 9.89 Å². The number of aromatic nitrogens is 2. The molecule has 1 aliphatic carbocycles. The summed E-state index contributed by atoms with van der Waals surface area (Å²) in [5, 5.41) is 11.6. The number of nitrogens with one attached hydrogen (secondary N) is 2. The van der Waals surface area contributed by atoms with Crippen LogP contribution in [0.4, 0.5) is 0 Å². The maximum absolute atomic E-state index is 12.8. The summed E-state index contributed by atoms with van der Waals surface area (Å²) in [4.78, 5) is 15.3. The average molecular weight is 338 g/mol. The Balaban J connectivity index is 1.36. The number of aromatic amines is 1. The van der Waals surface area contributed by atoms with E-state index in [0.29, 0.717) is 17.5 Å². The molecule has 3 aliphatic heterocycles. The number of fused-ring (bicyclic) bond motifs is 4. The third-order valence-electron chi connectivity index (χ3n) is 6.60. The first-order chi connectivity index (χ1) is 12.3. The van der Waals surface area contributed by atoms with E-state index in [-0.39, 0.29) is 11.9 Å². The smallest absolute Gasteiger partial charge is 0.272 e. The molecule has 132 valence electrons. The van der Waals surface area contributed by atoms with Crippen molar-refractivity contribution in [2.45, 2.75) is 50.5 Å². The van der Waals surface area contributed by atoms with Crippen LogP contribution >= 0.6 is 0 Å². The van der Waals surface area contributed by atoms with Crippen molar-refractivity contribution in [1.82, 2.24) is 20.4 Å². The normalized spacial score (nSPS) is 29.4. The van der Waals surface area contributed by atoms with Gasteiger partial charge in [0.1, 0.15) is 0 Å². The molecule has 5 nitrogen and oxygen atoms in total. The van der Waals surface area contributed by atoms with Crippen LogP contribution < -0.4 is 5.32 Å². The quantitative estimate of drug-likeness (QED) is 0.904. The summed E-state index contributed by atoms with van der Waals surface area (Å²) < 4.78 is 0. The van der Waals surface area contributed by atoms with Gasteiger partial charge in [-0.2, -0.15) is 5.10 Å². The lowest BCUT2D eigenvalue weighted by Crippen LogP contribution is -2.57. The molecule has 0 unspecified atom stereocenters. The summed E-state index contributed by atoms with van der Waals surface area (Å²) in [5.41, 5.74) is 2.92. The highest BCUT2D eigenvalue weighted by Gasteiger charge is 2.35. The van der Waals surface area contributed by atoms with Crippen molar-refractivity contribution in [3.8, 4) is 0 Å². The topological polar surface area (TPSA) is 61.0 Å². The Morgan fingerprint density at radius 1 is 1.16 bits per heavy atom. The molecule has 4 fully saturated rings. The summed E-state index contributed by atoms with van der Waals surface area (Å²) >= 11 is 0. The number of hydrogen-bond donors (Lipinski definition) is 2. The van der Waals surface area contributed by atoms with E-state index in [1.165, 1.54) is 57.2 Å². The molecule has 25 heavy (non-hydrogen) atoms. The summed E-state index contributed by atoms with van der Waals surface area (Å²) in [6.07, 6.45) is 7.64. The lowest BCUT2D eigenvalue weighted by Gasteiger charge is -2.44. The Hall–Kier alpha value is -1.88. The average Bonchev–Trinajstić information content (AvgIpc) is 3.32. The molecule has 4 aliphatic rings. The van der Waals surface area contributed by atoms with E-state index in [9.17, 15) is 4.79 Å². The van der Waals surface area contributed by atoms with Gasteiger partial charge in [0.15, 0.2) is 5.69 Å². The van der Waals surface area contributed by atoms with Crippen molar-refractivity contribution in [3.63, 3.8) is 0 Å². The van der Waals surface area contributed by atoms with Crippen LogP contribution in [0.25, 0.3) is 10.9 Å². The summed E-state index contributed by atoms with van der Waals surface area (Å²) in [6.45, 7) is 3.36. The van der Waals surface area contributed by atoms with Crippen LogP contribution in [-0.2, 0) is 0 Å². The Morgan fingerprint density at radius 3 is 2.68 bits per heavy atom. The molecule has 2 bridgehead atoms. The SMILES string of the molecule is O=C(N[C@H]1CN2CCC1CC2)c1n[nH]c2cc(C3CCCC3)ccc12. The maximum atomic E-state index is 12.8. The number of nitrogens with zero attached hydrogens (tertiary/aromatic N) is 2. The van der Waals surface area contributed by atoms with Gasteiger partial charge < -0.3 is 10.2 Å². The fourth-order valence-corrected chi connectivity index (χ4v) is 5.09. The Labute approximate surface area is 148 Å². The molecule has 1 aromatic carbocycles. The minimum atomic E-state index is -0.0291. The highest BCUT2D eigenvalue weighted by atomic mass is 16.2. The van der Waals surface area contributed by atoms with Crippen LogP contribution in [0.5, 0.6) is 0 Å². The predicted molar refractivity (Wildman–Crippen MR) is 97.7 cm³/mol. The van der Waals surface area contributed by atoms with Gasteiger partial charge in [0, 0.05) is 18.0 Å². The summed E-state index contributed by atoms with van der Waals surface area (Å²) in [7, 11) is 0. The van der Waals surface area contributed by atoms with Crippen molar-refractivity contribution in [3.05, 3.63) is 29.5 Å². The highest BCUT2D eigenvalue weighted by molar-refractivity contribution is 6.04. The lowest BCUT2D eigenvalue weighted by molar-refractivity contribution is 0.0618. The van der Waals surface area contributed by atoms with E-state index in [2.05, 4.69) is 38.6 Å². The zero-order valence-electron chi connectivity index (χ0n) is 14.6. The standard InChI is InChI=1S/C20H26N4O/c25-20(21-18-12-24-9-7-14(18)8-10-24)19-16-6-5-15(11-17(16)22-23-19)13-3-1-2-4-13/h5-6,11,13-14,18H,1-4,7-10,12H2,(H,21,25)(H,22,23)/t18-/m0/s1. The molecule has 3 saturated heterocycles. The second-order valence-corrected chi connectivity index (χ2v) is 8.08. The number of H-pyrrole nitrogens is 1. The van der Waals surface area contributed by atoms with Crippen LogP contribution in [0.2, 0.25) is 0 Å². The molecule has 2 aromatic rings. The summed E-state index contributed by atoms with van der Waals surface area (Å²) in [6, 6.07) is 6.75. The van der Waals surface area contributed by atoms with Gasteiger partial charge in [0.05, 0.1) is 5.52 Å². The first kappa shape index (κ1) is 15.4. The molecule has 1 aromatic heterocycles. The third-order valence-corrected chi connectivity index (χ3v) is 6.60. The zero-order chi connectivity index (χ0) is 16.8. The molecule has 0 radical (unpaired) electrons. The van der Waals surface area contributed by atoms with Crippen LogP contribution in [0.1, 0.15) is 60.5 Å². The predicted octanol–water partition coefficient (Wildman–Crippen LogP) is 3.04. The molecule has 1 atom stereocenters. The third kappa shape index (κ3) is 2.74. The number of carbonyl (C=O) groups is 1. The molecule has 5 heteroatoms. The fourth-order valence-electron chi connectivity index (χ4n) is 5.09. The highest BCUT2D eigenvalue weighted by Crippen LogP contribution is 2.35. The monoisotopic (exact) mass is 338 g/mol. The molecule has 1 amide bonds. The van der Waals surface area contributed by atoms with Gasteiger partial charge in [-0.05, 0) is 62.2 Å². The van der Waals surface area contributed by atoms with E-state index in [0.717, 1.165) is 17.4 Å². The zero-order valence-corrected chi connectivity index (χ0v) is 14.6. The van der Waals surface area contributed by atoms with E-state index in [1.807, 2.05) is 0 Å². The minimum Gasteiger partial charge on any atom is -0.346 e. The Kier molecular flexibility index (Phi) is 3.77. The summed E-state index contributed by atoms with van der Waals surface area (Å²) in [5.74, 6) is 1.28. The molecular formula is C20H26N4O.